The zero-order valence-corrected chi connectivity index (χ0v) is 8.74. The number of hydrogen-bond donors (Lipinski definition) is 0. The fourth-order valence-corrected chi connectivity index (χ4v) is 2.78. The molecular weight excluding hydrogens is 166 g/mol. The second-order valence-corrected chi connectivity index (χ2v) is 5.32. The molecule has 0 spiro atoms. The molecule has 0 saturated carbocycles. The molecule has 1 aromatic heterocycles. The highest BCUT2D eigenvalue weighted by molar-refractivity contribution is 7.09. The first-order chi connectivity index (χ1) is 5.62. The maximum Gasteiger partial charge on any atom is 0.0797 e. The van der Waals surface area contributed by atoms with Gasteiger partial charge >= 0.3 is 0 Å². The zero-order valence-electron chi connectivity index (χ0n) is 7.92. The molecular formula is C10H15NS. The fourth-order valence-electron chi connectivity index (χ4n) is 1.80. The van der Waals surface area contributed by atoms with Gasteiger partial charge in [0.1, 0.15) is 0 Å². The van der Waals surface area contributed by atoms with Crippen LogP contribution in [0.4, 0.5) is 0 Å². The average Bonchev–Trinajstić information content (AvgIpc) is 2.44. The quantitative estimate of drug-likeness (QED) is 0.649. The second kappa shape index (κ2) is 2.56. The van der Waals surface area contributed by atoms with Crippen molar-refractivity contribution in [3.05, 3.63) is 16.1 Å². The predicted molar refractivity (Wildman–Crippen MR) is 52.5 cm³/mol. The Morgan fingerprint density at radius 1 is 1.50 bits per heavy atom. The van der Waals surface area contributed by atoms with Crippen molar-refractivity contribution in [1.82, 2.24) is 4.98 Å². The van der Waals surface area contributed by atoms with Gasteiger partial charge in [0, 0.05) is 4.88 Å². The largest absolute Gasteiger partial charge is 0.249 e. The molecule has 0 saturated heterocycles. The molecule has 0 aliphatic heterocycles. The van der Waals surface area contributed by atoms with Crippen molar-refractivity contribution >= 4 is 11.3 Å². The van der Waals surface area contributed by atoms with Gasteiger partial charge in [-0.2, -0.15) is 0 Å². The van der Waals surface area contributed by atoms with Gasteiger partial charge in [0.15, 0.2) is 0 Å². The molecule has 0 fully saturated rings. The van der Waals surface area contributed by atoms with Gasteiger partial charge in [-0.05, 0) is 24.2 Å². The van der Waals surface area contributed by atoms with Crippen LogP contribution < -0.4 is 0 Å². The van der Waals surface area contributed by atoms with Crippen LogP contribution in [0.3, 0.4) is 0 Å². The van der Waals surface area contributed by atoms with Crippen molar-refractivity contribution in [1.29, 1.82) is 0 Å². The van der Waals surface area contributed by atoms with Gasteiger partial charge in [0.25, 0.3) is 0 Å². The minimum Gasteiger partial charge on any atom is -0.249 e. The van der Waals surface area contributed by atoms with E-state index < -0.39 is 0 Å². The Bertz CT molecular complexity index is 267. The number of nitrogens with zero attached hydrogens (tertiary/aromatic N) is 1. The van der Waals surface area contributed by atoms with Gasteiger partial charge in [-0.15, -0.1) is 11.3 Å². The minimum absolute atomic E-state index is 0.482. The lowest BCUT2D eigenvalue weighted by molar-refractivity contribution is 0.234. The van der Waals surface area contributed by atoms with Gasteiger partial charge in [-0.1, -0.05) is 20.8 Å². The Hall–Kier alpha value is -0.370. The highest BCUT2D eigenvalue weighted by Crippen LogP contribution is 2.42. The summed E-state index contributed by atoms with van der Waals surface area (Å²) in [7, 11) is 0. The van der Waals surface area contributed by atoms with Crippen LogP contribution in [-0.4, -0.2) is 4.98 Å². The normalized spacial score (nSPS) is 28.0. The van der Waals surface area contributed by atoms with Crippen LogP contribution in [0.15, 0.2) is 5.51 Å². The molecule has 2 rings (SSSR count). The Morgan fingerprint density at radius 3 is 2.83 bits per heavy atom. The van der Waals surface area contributed by atoms with Crippen LogP contribution in [0, 0.1) is 11.3 Å². The summed E-state index contributed by atoms with van der Waals surface area (Å²) >= 11 is 1.82. The van der Waals surface area contributed by atoms with Crippen molar-refractivity contribution < 1.29 is 0 Å². The third-order valence-corrected chi connectivity index (χ3v) is 4.13. The van der Waals surface area contributed by atoms with Gasteiger partial charge in [-0.25, -0.2) is 4.98 Å². The SMILES string of the molecule is CC(C)C1(C)Cc2ncsc2C1. The number of thiazole rings is 1. The molecule has 2 heteroatoms. The number of aromatic nitrogens is 1. The van der Waals surface area contributed by atoms with Crippen LogP contribution in [0.1, 0.15) is 31.3 Å². The van der Waals surface area contributed by atoms with E-state index in [9.17, 15) is 0 Å². The summed E-state index contributed by atoms with van der Waals surface area (Å²) in [6, 6.07) is 0. The van der Waals surface area contributed by atoms with E-state index in [4.69, 9.17) is 0 Å². The van der Waals surface area contributed by atoms with Crippen molar-refractivity contribution in [2.75, 3.05) is 0 Å². The van der Waals surface area contributed by atoms with E-state index in [0.717, 1.165) is 5.92 Å². The topological polar surface area (TPSA) is 12.9 Å². The van der Waals surface area contributed by atoms with Crippen molar-refractivity contribution in [3.8, 4) is 0 Å². The minimum atomic E-state index is 0.482. The molecule has 0 aromatic carbocycles. The molecule has 1 aromatic rings. The summed E-state index contributed by atoms with van der Waals surface area (Å²) in [5.74, 6) is 0.763. The smallest absolute Gasteiger partial charge is 0.0797 e. The summed E-state index contributed by atoms with van der Waals surface area (Å²) < 4.78 is 0. The summed E-state index contributed by atoms with van der Waals surface area (Å²) in [4.78, 5) is 5.91. The molecule has 0 amide bonds. The van der Waals surface area contributed by atoms with Crippen molar-refractivity contribution in [2.24, 2.45) is 11.3 Å². The van der Waals surface area contributed by atoms with E-state index >= 15 is 0 Å². The molecule has 0 bridgehead atoms. The standard InChI is InChI=1S/C10H15NS/c1-7(2)10(3)4-8-9(5-10)12-6-11-8/h6-7H,4-5H2,1-3H3. The molecule has 0 N–H and O–H groups in total. The number of fused-ring (bicyclic) bond motifs is 1. The summed E-state index contributed by atoms with van der Waals surface area (Å²) in [5, 5.41) is 0. The molecule has 1 aliphatic carbocycles. The van der Waals surface area contributed by atoms with E-state index in [0.29, 0.717) is 5.41 Å². The Kier molecular flexibility index (Phi) is 1.76. The molecule has 66 valence electrons. The van der Waals surface area contributed by atoms with Crippen molar-refractivity contribution in [3.63, 3.8) is 0 Å². The summed E-state index contributed by atoms with van der Waals surface area (Å²) in [6.07, 6.45) is 2.42. The maximum absolute atomic E-state index is 4.39. The predicted octanol–water partition coefficient (Wildman–Crippen LogP) is 2.90. The summed E-state index contributed by atoms with van der Waals surface area (Å²) in [6.45, 7) is 7.01. The molecule has 1 atom stereocenters. The van der Waals surface area contributed by atoms with Crippen LogP contribution >= 0.6 is 11.3 Å². The van der Waals surface area contributed by atoms with E-state index in [-0.39, 0.29) is 0 Å². The molecule has 1 aliphatic rings. The van der Waals surface area contributed by atoms with Crippen LogP contribution in [-0.2, 0) is 12.8 Å². The number of hydrogen-bond acceptors (Lipinski definition) is 2. The first-order valence-corrected chi connectivity index (χ1v) is 5.41. The molecule has 12 heavy (non-hydrogen) atoms. The molecule has 1 unspecified atom stereocenters. The van der Waals surface area contributed by atoms with Crippen LogP contribution in [0.5, 0.6) is 0 Å². The monoisotopic (exact) mass is 181 g/mol. The van der Waals surface area contributed by atoms with Gasteiger partial charge in [-0.3, -0.25) is 0 Å². The van der Waals surface area contributed by atoms with Crippen LogP contribution in [0.25, 0.3) is 0 Å². The lowest BCUT2D eigenvalue weighted by Crippen LogP contribution is -2.23. The Balaban J connectivity index is 2.26. The second-order valence-electron chi connectivity index (χ2n) is 4.38. The molecule has 1 nitrogen and oxygen atoms in total. The first kappa shape index (κ1) is 8.24. The fraction of sp³-hybridized carbons (Fsp3) is 0.700. The first-order valence-electron chi connectivity index (χ1n) is 4.53. The highest BCUT2D eigenvalue weighted by atomic mass is 32.1. The average molecular weight is 181 g/mol. The summed E-state index contributed by atoms with van der Waals surface area (Å²) in [5.41, 5.74) is 3.82. The lowest BCUT2D eigenvalue weighted by atomic mass is 9.77. The third kappa shape index (κ3) is 1.09. The Morgan fingerprint density at radius 2 is 2.25 bits per heavy atom. The van der Waals surface area contributed by atoms with E-state index in [1.165, 1.54) is 23.4 Å². The molecule has 1 heterocycles. The van der Waals surface area contributed by atoms with E-state index in [1.54, 1.807) is 0 Å². The Labute approximate surface area is 77.8 Å². The lowest BCUT2D eigenvalue weighted by Gasteiger charge is -2.27. The molecule has 0 radical (unpaired) electrons. The zero-order chi connectivity index (χ0) is 8.77. The van der Waals surface area contributed by atoms with Gasteiger partial charge in [0.2, 0.25) is 0 Å². The van der Waals surface area contributed by atoms with Crippen LogP contribution in [0.2, 0.25) is 0 Å². The van der Waals surface area contributed by atoms with E-state index in [2.05, 4.69) is 25.8 Å². The highest BCUT2D eigenvalue weighted by Gasteiger charge is 2.36. The number of rotatable bonds is 1. The van der Waals surface area contributed by atoms with Gasteiger partial charge < -0.3 is 0 Å². The third-order valence-electron chi connectivity index (χ3n) is 3.25. The van der Waals surface area contributed by atoms with Gasteiger partial charge in [0.05, 0.1) is 11.2 Å². The maximum atomic E-state index is 4.39. The van der Waals surface area contributed by atoms with E-state index in [1.807, 2.05) is 16.8 Å². The van der Waals surface area contributed by atoms with Crippen molar-refractivity contribution in [2.45, 2.75) is 33.6 Å².